The second kappa shape index (κ2) is 5.03. The van der Waals surface area contributed by atoms with Crippen LogP contribution in [0, 0.1) is 11.3 Å². The molecule has 1 rings (SSSR count). The molecule has 72 valence electrons. The Balaban J connectivity index is 2.74. The van der Waals surface area contributed by atoms with Gasteiger partial charge in [-0.15, -0.1) is 0 Å². The molecule has 0 aliphatic heterocycles. The predicted octanol–water partition coefficient (Wildman–Crippen LogP) is 2.20. The number of carbonyl (C=O) groups is 1. The molecule has 0 amide bonds. The minimum Gasteiger partial charge on any atom is -0.442 e. The molecule has 0 spiro atoms. The van der Waals surface area contributed by atoms with Crippen LogP contribution in [0.4, 0.5) is 0 Å². The topological polar surface area (TPSA) is 50.1 Å². The van der Waals surface area contributed by atoms with Crippen LogP contribution < -0.4 is 0 Å². The van der Waals surface area contributed by atoms with Gasteiger partial charge in [-0.05, 0) is 0 Å². The van der Waals surface area contributed by atoms with Crippen LogP contribution in [-0.4, -0.2) is 5.97 Å². The lowest BCUT2D eigenvalue weighted by Crippen LogP contribution is -2.08. The fourth-order valence-corrected chi connectivity index (χ4v) is 1.01. The average molecular weight is 189 g/mol. The summed E-state index contributed by atoms with van der Waals surface area (Å²) < 4.78 is 4.93. The molecule has 0 N–H and O–H groups in total. The smallest absolute Gasteiger partial charge is 0.307 e. The van der Waals surface area contributed by atoms with E-state index in [4.69, 9.17) is 10.00 Å². The van der Waals surface area contributed by atoms with E-state index in [1.54, 1.807) is 31.2 Å². The molecule has 0 heterocycles. The summed E-state index contributed by atoms with van der Waals surface area (Å²) in [5.41, 5.74) is 0.705. The van der Waals surface area contributed by atoms with Gasteiger partial charge in [-0.25, -0.2) is 0 Å². The number of nitriles is 1. The Hall–Kier alpha value is -1.82. The third-order valence-electron chi connectivity index (χ3n) is 1.76. The van der Waals surface area contributed by atoms with Crippen LogP contribution in [0.3, 0.4) is 0 Å². The number of hydrogen-bond acceptors (Lipinski definition) is 3. The summed E-state index contributed by atoms with van der Waals surface area (Å²) in [7, 11) is 0. The molecule has 0 saturated heterocycles. The number of rotatable bonds is 3. The molecule has 0 aromatic heterocycles. The van der Waals surface area contributed by atoms with Crippen LogP contribution >= 0.6 is 0 Å². The van der Waals surface area contributed by atoms with E-state index in [1.165, 1.54) is 0 Å². The summed E-state index contributed by atoms with van der Waals surface area (Å²) in [6.07, 6.45) is -0.506. The largest absolute Gasteiger partial charge is 0.442 e. The highest BCUT2D eigenvalue weighted by atomic mass is 16.5. The molecular weight excluding hydrogens is 178 g/mol. The van der Waals surface area contributed by atoms with Crippen molar-refractivity contribution < 1.29 is 9.53 Å². The fourth-order valence-electron chi connectivity index (χ4n) is 1.01. The highest BCUT2D eigenvalue weighted by Crippen LogP contribution is 2.16. The molecule has 0 radical (unpaired) electrons. The molecule has 1 aromatic carbocycles. The molecule has 0 bridgehead atoms. The van der Waals surface area contributed by atoms with Gasteiger partial charge in [0.1, 0.15) is 6.07 Å². The van der Waals surface area contributed by atoms with E-state index in [9.17, 15) is 4.79 Å². The number of benzene rings is 1. The standard InChI is InChI=1S/C11H11NO2/c1-2-11(13)14-10(8-12)9-6-4-3-5-7-9/h3-7,10H,2H2,1H3. The monoisotopic (exact) mass is 189 g/mol. The minimum absolute atomic E-state index is 0.283. The van der Waals surface area contributed by atoms with Gasteiger partial charge in [0.25, 0.3) is 0 Å². The van der Waals surface area contributed by atoms with E-state index in [-0.39, 0.29) is 12.4 Å². The third-order valence-corrected chi connectivity index (χ3v) is 1.76. The summed E-state index contributed by atoms with van der Waals surface area (Å²) in [6, 6.07) is 10.9. The second-order valence-corrected chi connectivity index (χ2v) is 2.76. The van der Waals surface area contributed by atoms with Crippen LogP contribution in [-0.2, 0) is 9.53 Å². The zero-order chi connectivity index (χ0) is 10.4. The first kappa shape index (κ1) is 10.3. The maximum atomic E-state index is 11.0. The highest BCUT2D eigenvalue weighted by molar-refractivity contribution is 5.69. The van der Waals surface area contributed by atoms with Gasteiger partial charge in [0.2, 0.25) is 6.10 Å². The summed E-state index contributed by atoms with van der Waals surface area (Å²) in [5.74, 6) is -0.361. The maximum absolute atomic E-state index is 11.0. The molecule has 1 unspecified atom stereocenters. The molecule has 0 aliphatic carbocycles. The van der Waals surface area contributed by atoms with Crippen molar-refractivity contribution >= 4 is 5.97 Å². The zero-order valence-corrected chi connectivity index (χ0v) is 7.93. The maximum Gasteiger partial charge on any atom is 0.307 e. The Bertz CT molecular complexity index is 340. The zero-order valence-electron chi connectivity index (χ0n) is 7.93. The highest BCUT2D eigenvalue weighted by Gasteiger charge is 2.13. The second-order valence-electron chi connectivity index (χ2n) is 2.76. The van der Waals surface area contributed by atoms with Crippen molar-refractivity contribution in [3.05, 3.63) is 35.9 Å². The van der Waals surface area contributed by atoms with Gasteiger partial charge in [0, 0.05) is 12.0 Å². The first-order chi connectivity index (χ1) is 6.77. The van der Waals surface area contributed by atoms with Gasteiger partial charge in [-0.2, -0.15) is 5.26 Å². The predicted molar refractivity (Wildman–Crippen MR) is 51.2 cm³/mol. The normalized spacial score (nSPS) is 11.4. The summed E-state index contributed by atoms with van der Waals surface area (Å²) in [6.45, 7) is 1.70. The van der Waals surface area contributed by atoms with Gasteiger partial charge in [0.15, 0.2) is 0 Å². The average Bonchev–Trinajstić information content (AvgIpc) is 2.26. The molecule has 3 heteroatoms. The van der Waals surface area contributed by atoms with E-state index >= 15 is 0 Å². The van der Waals surface area contributed by atoms with Crippen molar-refractivity contribution in [2.45, 2.75) is 19.4 Å². The first-order valence-electron chi connectivity index (χ1n) is 4.42. The van der Waals surface area contributed by atoms with Gasteiger partial charge < -0.3 is 4.74 Å². The molecule has 14 heavy (non-hydrogen) atoms. The Kier molecular flexibility index (Phi) is 3.69. The summed E-state index contributed by atoms with van der Waals surface area (Å²) >= 11 is 0. The third kappa shape index (κ3) is 2.60. The van der Waals surface area contributed by atoms with Crippen LogP contribution in [0.25, 0.3) is 0 Å². The van der Waals surface area contributed by atoms with Crippen LogP contribution in [0.5, 0.6) is 0 Å². The van der Waals surface area contributed by atoms with Gasteiger partial charge >= 0.3 is 5.97 Å². The van der Waals surface area contributed by atoms with Crippen molar-refractivity contribution in [2.24, 2.45) is 0 Å². The Labute approximate surface area is 82.9 Å². The number of hydrogen-bond donors (Lipinski definition) is 0. The lowest BCUT2D eigenvalue weighted by molar-refractivity contribution is -0.146. The first-order valence-corrected chi connectivity index (χ1v) is 4.42. The fraction of sp³-hybridized carbons (Fsp3) is 0.273. The quantitative estimate of drug-likeness (QED) is 0.685. The molecule has 0 fully saturated rings. The number of carbonyl (C=O) groups excluding carboxylic acids is 1. The number of esters is 1. The van der Waals surface area contributed by atoms with E-state index in [2.05, 4.69) is 0 Å². The van der Waals surface area contributed by atoms with Crippen molar-refractivity contribution in [1.82, 2.24) is 0 Å². The SMILES string of the molecule is CCC(=O)OC(C#N)c1ccccc1. The van der Waals surface area contributed by atoms with Gasteiger partial charge in [-0.3, -0.25) is 4.79 Å². The summed E-state index contributed by atoms with van der Waals surface area (Å²) in [5, 5.41) is 8.80. The number of ether oxygens (including phenoxy) is 1. The summed E-state index contributed by atoms with van der Waals surface area (Å²) in [4.78, 5) is 11.0. The Morgan fingerprint density at radius 2 is 2.14 bits per heavy atom. The van der Waals surface area contributed by atoms with Gasteiger partial charge in [-0.1, -0.05) is 37.3 Å². The van der Waals surface area contributed by atoms with E-state index in [1.807, 2.05) is 12.1 Å². The number of nitrogens with zero attached hydrogens (tertiary/aromatic N) is 1. The van der Waals surface area contributed by atoms with Crippen LogP contribution in [0.2, 0.25) is 0 Å². The molecule has 1 atom stereocenters. The van der Waals surface area contributed by atoms with Crippen LogP contribution in [0.1, 0.15) is 25.0 Å². The Morgan fingerprint density at radius 1 is 1.50 bits per heavy atom. The van der Waals surface area contributed by atoms with Crippen molar-refractivity contribution in [2.75, 3.05) is 0 Å². The van der Waals surface area contributed by atoms with Crippen LogP contribution in [0.15, 0.2) is 30.3 Å². The molecule has 1 aromatic rings. The van der Waals surface area contributed by atoms with E-state index < -0.39 is 6.10 Å². The van der Waals surface area contributed by atoms with Crippen molar-refractivity contribution in [3.8, 4) is 6.07 Å². The molecule has 0 saturated carbocycles. The lowest BCUT2D eigenvalue weighted by atomic mass is 10.1. The lowest BCUT2D eigenvalue weighted by Gasteiger charge is -2.09. The van der Waals surface area contributed by atoms with E-state index in [0.717, 1.165) is 0 Å². The Morgan fingerprint density at radius 3 is 2.64 bits per heavy atom. The van der Waals surface area contributed by atoms with E-state index in [0.29, 0.717) is 5.56 Å². The minimum atomic E-state index is -0.788. The molecule has 0 aliphatic rings. The molecule has 3 nitrogen and oxygen atoms in total. The van der Waals surface area contributed by atoms with Gasteiger partial charge in [0.05, 0.1) is 0 Å². The molecular formula is C11H11NO2. The van der Waals surface area contributed by atoms with Crippen molar-refractivity contribution in [3.63, 3.8) is 0 Å². The van der Waals surface area contributed by atoms with Crippen molar-refractivity contribution in [1.29, 1.82) is 5.26 Å².